The number of para-hydroxylation sites is 1. The first kappa shape index (κ1) is 17.3. The van der Waals surface area contributed by atoms with Gasteiger partial charge in [0.15, 0.2) is 5.69 Å². The van der Waals surface area contributed by atoms with Gasteiger partial charge in [-0.2, -0.15) is 0 Å². The molecule has 0 unspecified atom stereocenters. The van der Waals surface area contributed by atoms with Gasteiger partial charge in [0.25, 0.3) is 11.6 Å². The average molecular weight is 352 g/mol. The molecule has 132 valence electrons. The molecule has 3 rings (SSSR count). The zero-order valence-electron chi connectivity index (χ0n) is 14.2. The smallest absolute Gasteiger partial charge is 0.295 e. The van der Waals surface area contributed by atoms with Crippen molar-refractivity contribution in [1.82, 2.24) is 4.57 Å². The number of carbonyl (C=O) groups excluding carboxylic acids is 1. The van der Waals surface area contributed by atoms with Crippen molar-refractivity contribution in [1.29, 1.82) is 0 Å². The predicted molar refractivity (Wildman–Crippen MR) is 96.0 cm³/mol. The number of aryl methyl sites for hydroxylation is 2. The lowest BCUT2D eigenvalue weighted by Gasteiger charge is -2.01. The van der Waals surface area contributed by atoms with Crippen LogP contribution in [0, 0.1) is 17.0 Å². The van der Waals surface area contributed by atoms with Gasteiger partial charge in [-0.15, -0.1) is 10.2 Å². The first-order valence-electron chi connectivity index (χ1n) is 7.95. The molecule has 0 aliphatic rings. The van der Waals surface area contributed by atoms with Gasteiger partial charge in [-0.3, -0.25) is 14.9 Å². The minimum absolute atomic E-state index is 0.0600. The highest BCUT2D eigenvalue weighted by Gasteiger charge is 2.17. The quantitative estimate of drug-likeness (QED) is 0.423. The Kier molecular flexibility index (Phi) is 4.49. The lowest BCUT2D eigenvalue weighted by Crippen LogP contribution is -1.98. The number of rotatable bonds is 4. The number of hydrogen-bond acceptors (Lipinski definition) is 5. The Bertz CT molecular complexity index is 1050. The molecular weight excluding hydrogens is 336 g/mol. The van der Waals surface area contributed by atoms with Crippen LogP contribution in [0.1, 0.15) is 22.8 Å². The fourth-order valence-electron chi connectivity index (χ4n) is 2.78. The number of hydrogen-bond donors (Lipinski definition) is 1. The molecule has 0 aliphatic carbocycles. The van der Waals surface area contributed by atoms with Crippen molar-refractivity contribution < 1.29 is 14.8 Å². The molecule has 0 saturated heterocycles. The van der Waals surface area contributed by atoms with Crippen molar-refractivity contribution in [2.75, 3.05) is 0 Å². The highest BCUT2D eigenvalue weighted by molar-refractivity contribution is 5.97. The number of fused-ring (bicyclic) bond motifs is 1. The second kappa shape index (κ2) is 6.75. The van der Waals surface area contributed by atoms with Gasteiger partial charge in [0.05, 0.1) is 16.0 Å². The van der Waals surface area contributed by atoms with Gasteiger partial charge in [-0.25, -0.2) is 0 Å². The molecule has 1 amide bonds. The summed E-state index contributed by atoms with van der Waals surface area (Å²) in [6.45, 7) is 4.00. The Morgan fingerprint density at radius 3 is 2.69 bits per heavy atom. The summed E-state index contributed by atoms with van der Waals surface area (Å²) in [4.78, 5) is 22.7. The molecule has 1 heterocycles. The standard InChI is InChI=1S/C18H16N4O4/c1-3-21-14-7-5-4-6-13(14)16(18(21)24)19-20-17(23)12-9-8-11(2)15(10-12)22(25)26/h4-10,24H,3H2,1-2H3. The zero-order valence-corrected chi connectivity index (χ0v) is 14.2. The molecule has 0 saturated carbocycles. The van der Waals surface area contributed by atoms with Crippen LogP contribution < -0.4 is 0 Å². The van der Waals surface area contributed by atoms with Crippen molar-refractivity contribution in [2.45, 2.75) is 20.4 Å². The van der Waals surface area contributed by atoms with E-state index < -0.39 is 10.8 Å². The summed E-state index contributed by atoms with van der Waals surface area (Å²) in [5, 5.41) is 29.6. The summed E-state index contributed by atoms with van der Waals surface area (Å²) in [6.07, 6.45) is 0. The van der Waals surface area contributed by atoms with Gasteiger partial charge >= 0.3 is 0 Å². The maximum atomic E-state index is 12.3. The van der Waals surface area contributed by atoms with Gasteiger partial charge in [0, 0.05) is 23.6 Å². The highest BCUT2D eigenvalue weighted by Crippen LogP contribution is 2.38. The number of benzene rings is 2. The number of carbonyl (C=O) groups is 1. The Hall–Kier alpha value is -3.55. The van der Waals surface area contributed by atoms with Crippen molar-refractivity contribution in [2.24, 2.45) is 10.2 Å². The SMILES string of the molecule is CCn1c(O)c(N=NC(=O)c2ccc(C)c([N+](=O)[O-])c2)c2ccccc21. The van der Waals surface area contributed by atoms with E-state index in [1.807, 2.05) is 19.1 Å². The van der Waals surface area contributed by atoms with E-state index in [1.165, 1.54) is 18.2 Å². The van der Waals surface area contributed by atoms with Crippen molar-refractivity contribution >= 4 is 28.2 Å². The van der Waals surface area contributed by atoms with Crippen molar-refractivity contribution in [3.63, 3.8) is 0 Å². The van der Waals surface area contributed by atoms with E-state index in [9.17, 15) is 20.0 Å². The number of aromatic hydroxyl groups is 1. The second-order valence-electron chi connectivity index (χ2n) is 5.70. The van der Waals surface area contributed by atoms with Crippen LogP contribution in [0.15, 0.2) is 52.7 Å². The highest BCUT2D eigenvalue weighted by atomic mass is 16.6. The van der Waals surface area contributed by atoms with Crippen molar-refractivity contribution in [3.05, 3.63) is 63.7 Å². The molecule has 0 spiro atoms. The number of nitro groups is 1. The Labute approximate surface area is 148 Å². The van der Waals surface area contributed by atoms with Crippen LogP contribution in [0.5, 0.6) is 5.88 Å². The summed E-state index contributed by atoms with van der Waals surface area (Å²) in [5.74, 6) is -0.805. The molecule has 8 heteroatoms. The van der Waals surface area contributed by atoms with E-state index in [4.69, 9.17) is 0 Å². The molecular formula is C18H16N4O4. The number of nitro benzene ring substituents is 1. The molecule has 2 aromatic carbocycles. The third-order valence-electron chi connectivity index (χ3n) is 4.13. The number of aromatic nitrogens is 1. The van der Waals surface area contributed by atoms with Crippen LogP contribution >= 0.6 is 0 Å². The van der Waals surface area contributed by atoms with Crippen LogP contribution in [0.25, 0.3) is 10.9 Å². The molecule has 0 aliphatic heterocycles. The van der Waals surface area contributed by atoms with Crippen molar-refractivity contribution in [3.8, 4) is 5.88 Å². The molecule has 0 radical (unpaired) electrons. The normalized spacial score (nSPS) is 11.3. The first-order valence-corrected chi connectivity index (χ1v) is 7.95. The van der Waals surface area contributed by atoms with Gasteiger partial charge in [0.1, 0.15) is 0 Å². The summed E-state index contributed by atoms with van der Waals surface area (Å²) in [5.41, 5.74) is 1.32. The Morgan fingerprint density at radius 1 is 1.27 bits per heavy atom. The maximum Gasteiger partial charge on any atom is 0.295 e. The van der Waals surface area contributed by atoms with E-state index in [0.29, 0.717) is 17.5 Å². The second-order valence-corrected chi connectivity index (χ2v) is 5.70. The molecule has 0 bridgehead atoms. The number of nitrogens with zero attached hydrogens (tertiary/aromatic N) is 4. The summed E-state index contributed by atoms with van der Waals surface area (Å²) >= 11 is 0. The fraction of sp³-hybridized carbons (Fsp3) is 0.167. The maximum absolute atomic E-state index is 12.3. The minimum Gasteiger partial charge on any atom is -0.493 e. The topological polar surface area (TPSA) is 110 Å². The minimum atomic E-state index is -0.721. The van der Waals surface area contributed by atoms with Crippen LogP contribution in [-0.2, 0) is 6.54 Å². The molecule has 1 N–H and O–H groups in total. The summed E-state index contributed by atoms with van der Waals surface area (Å²) in [7, 11) is 0. The van der Waals surface area contributed by atoms with Gasteiger partial charge in [-0.05, 0) is 26.0 Å². The Morgan fingerprint density at radius 2 is 2.00 bits per heavy atom. The van der Waals surface area contributed by atoms with Crippen LogP contribution in [-0.4, -0.2) is 20.5 Å². The lowest BCUT2D eigenvalue weighted by atomic mass is 10.1. The third-order valence-corrected chi connectivity index (χ3v) is 4.13. The molecule has 3 aromatic rings. The van der Waals surface area contributed by atoms with E-state index in [-0.39, 0.29) is 22.8 Å². The monoisotopic (exact) mass is 352 g/mol. The van der Waals surface area contributed by atoms with Crippen LogP contribution in [0.3, 0.4) is 0 Å². The average Bonchev–Trinajstić information content (AvgIpc) is 2.90. The largest absolute Gasteiger partial charge is 0.493 e. The summed E-state index contributed by atoms with van der Waals surface area (Å²) < 4.78 is 1.66. The molecule has 8 nitrogen and oxygen atoms in total. The van der Waals surface area contributed by atoms with E-state index >= 15 is 0 Å². The zero-order chi connectivity index (χ0) is 18.8. The molecule has 26 heavy (non-hydrogen) atoms. The van der Waals surface area contributed by atoms with Gasteiger partial charge in [-0.1, -0.05) is 24.3 Å². The third kappa shape index (κ3) is 2.92. The summed E-state index contributed by atoms with van der Waals surface area (Å²) in [6, 6.07) is 11.4. The predicted octanol–water partition coefficient (Wildman–Crippen LogP) is 4.51. The lowest BCUT2D eigenvalue weighted by molar-refractivity contribution is -0.385. The molecule has 1 aromatic heterocycles. The number of amides is 1. The van der Waals surface area contributed by atoms with E-state index in [0.717, 1.165) is 5.52 Å². The number of azo groups is 1. The molecule has 0 fully saturated rings. The first-order chi connectivity index (χ1) is 12.4. The van der Waals surface area contributed by atoms with Gasteiger partial charge < -0.3 is 9.67 Å². The van der Waals surface area contributed by atoms with Crippen LogP contribution in [0.2, 0.25) is 0 Å². The van der Waals surface area contributed by atoms with E-state index in [1.54, 1.807) is 23.6 Å². The Balaban J connectivity index is 2.00. The fourth-order valence-corrected chi connectivity index (χ4v) is 2.78. The van der Waals surface area contributed by atoms with Crippen LogP contribution in [0.4, 0.5) is 11.4 Å². The molecule has 0 atom stereocenters. The van der Waals surface area contributed by atoms with E-state index in [2.05, 4.69) is 10.2 Å². The van der Waals surface area contributed by atoms with Gasteiger partial charge in [0.2, 0.25) is 5.88 Å².